The van der Waals surface area contributed by atoms with E-state index in [1.54, 1.807) is 0 Å². The van der Waals surface area contributed by atoms with Crippen molar-refractivity contribution in [1.82, 2.24) is 4.98 Å². The molecule has 14 heavy (non-hydrogen) atoms. The predicted molar refractivity (Wildman–Crippen MR) is 40.1 cm³/mol. The third kappa shape index (κ3) is 1.73. The average molecular weight is 210 g/mol. The van der Waals surface area contributed by atoms with E-state index >= 15 is 0 Å². The first-order chi connectivity index (χ1) is 6.42. The number of nitrogens with zero attached hydrogens (tertiary/aromatic N) is 1. The van der Waals surface area contributed by atoms with Gasteiger partial charge in [0, 0.05) is 6.42 Å². The van der Waals surface area contributed by atoms with Crippen LogP contribution < -0.4 is 5.73 Å². The highest BCUT2D eigenvalue weighted by Gasteiger charge is 2.57. The number of aromatic nitrogens is 1. The molecule has 0 aliphatic heterocycles. The lowest BCUT2D eigenvalue weighted by molar-refractivity contribution is -0.276. The van der Waals surface area contributed by atoms with Gasteiger partial charge in [-0.3, -0.25) is 0 Å². The molecule has 0 aliphatic rings. The summed E-state index contributed by atoms with van der Waals surface area (Å²) in [6.07, 6.45) is -3.54. The van der Waals surface area contributed by atoms with Gasteiger partial charge in [0.15, 0.2) is 0 Å². The van der Waals surface area contributed by atoms with Gasteiger partial charge < -0.3 is 15.3 Å². The van der Waals surface area contributed by atoms with Gasteiger partial charge in [-0.25, -0.2) is 4.98 Å². The third-order valence-electron chi connectivity index (χ3n) is 1.76. The normalized spacial score (nSPS) is 16.6. The number of hydrogen-bond acceptors (Lipinski definition) is 4. The van der Waals surface area contributed by atoms with Crippen molar-refractivity contribution in [2.75, 3.05) is 6.54 Å². The van der Waals surface area contributed by atoms with E-state index in [1.165, 1.54) is 0 Å². The van der Waals surface area contributed by atoms with Crippen molar-refractivity contribution in [3.05, 3.63) is 18.4 Å². The molecule has 1 rings (SSSR count). The molecule has 0 saturated heterocycles. The van der Waals surface area contributed by atoms with Crippen LogP contribution in [0.2, 0.25) is 0 Å². The van der Waals surface area contributed by atoms with Crippen molar-refractivity contribution in [2.45, 2.75) is 18.2 Å². The van der Waals surface area contributed by atoms with E-state index in [1.807, 2.05) is 0 Å². The standard InChI is InChI=1S/C7H9F3N2O2/c8-7(9,10)6(13,1-2-11)5-12-3-4-14-5/h3-4,13H,1-2,11H2. The minimum absolute atomic E-state index is 0.321. The second kappa shape index (κ2) is 3.58. The molecule has 0 radical (unpaired) electrons. The van der Waals surface area contributed by atoms with E-state index < -0.39 is 24.1 Å². The zero-order chi connectivity index (χ0) is 10.8. The summed E-state index contributed by atoms with van der Waals surface area (Å²) in [6.45, 7) is -0.321. The Hall–Kier alpha value is -1.08. The summed E-state index contributed by atoms with van der Waals surface area (Å²) < 4.78 is 41.8. The highest BCUT2D eigenvalue weighted by Crippen LogP contribution is 2.40. The zero-order valence-electron chi connectivity index (χ0n) is 7.08. The Morgan fingerprint density at radius 3 is 2.50 bits per heavy atom. The first-order valence-electron chi connectivity index (χ1n) is 3.81. The van der Waals surface area contributed by atoms with Crippen LogP contribution in [-0.2, 0) is 5.60 Å². The number of oxazole rings is 1. The van der Waals surface area contributed by atoms with Crippen LogP contribution in [0.1, 0.15) is 12.3 Å². The molecule has 3 N–H and O–H groups in total. The monoisotopic (exact) mass is 210 g/mol. The number of aliphatic hydroxyl groups is 1. The summed E-state index contributed by atoms with van der Waals surface area (Å²) in [5.41, 5.74) is 1.90. The Balaban J connectivity index is 3.06. The third-order valence-corrected chi connectivity index (χ3v) is 1.76. The molecule has 0 bridgehead atoms. The molecule has 80 valence electrons. The first-order valence-corrected chi connectivity index (χ1v) is 3.81. The molecule has 4 nitrogen and oxygen atoms in total. The Bertz CT molecular complexity index is 286. The molecular weight excluding hydrogens is 201 g/mol. The van der Waals surface area contributed by atoms with Crippen molar-refractivity contribution >= 4 is 0 Å². The van der Waals surface area contributed by atoms with Crippen LogP contribution in [0.4, 0.5) is 13.2 Å². The van der Waals surface area contributed by atoms with Crippen molar-refractivity contribution < 1.29 is 22.7 Å². The number of nitrogens with two attached hydrogens (primary N) is 1. The van der Waals surface area contributed by atoms with Crippen LogP contribution in [0.25, 0.3) is 0 Å². The lowest BCUT2D eigenvalue weighted by atomic mass is 9.99. The van der Waals surface area contributed by atoms with E-state index in [0.29, 0.717) is 0 Å². The Labute approximate surface area is 77.5 Å². The smallest absolute Gasteiger partial charge is 0.426 e. The molecule has 1 unspecified atom stereocenters. The number of alkyl halides is 3. The van der Waals surface area contributed by atoms with Gasteiger partial charge in [0.2, 0.25) is 11.5 Å². The van der Waals surface area contributed by atoms with Gasteiger partial charge in [-0.1, -0.05) is 0 Å². The summed E-state index contributed by atoms with van der Waals surface area (Å²) in [5.74, 6) is -0.782. The van der Waals surface area contributed by atoms with Crippen LogP contribution >= 0.6 is 0 Å². The molecule has 1 atom stereocenters. The maximum atomic E-state index is 12.4. The fourth-order valence-electron chi connectivity index (χ4n) is 1.01. The molecule has 0 aromatic carbocycles. The minimum Gasteiger partial charge on any atom is -0.446 e. The molecule has 7 heteroatoms. The Morgan fingerprint density at radius 1 is 1.50 bits per heavy atom. The van der Waals surface area contributed by atoms with Gasteiger partial charge in [0.25, 0.3) is 0 Å². The number of halogens is 3. The molecule has 0 saturated carbocycles. The van der Waals surface area contributed by atoms with Crippen LogP contribution in [0.3, 0.4) is 0 Å². The SMILES string of the molecule is NCCC(O)(c1ncco1)C(F)(F)F. The van der Waals surface area contributed by atoms with Gasteiger partial charge in [0.05, 0.1) is 6.20 Å². The van der Waals surface area contributed by atoms with E-state index in [0.717, 1.165) is 12.5 Å². The molecular formula is C7H9F3N2O2. The fourth-order valence-corrected chi connectivity index (χ4v) is 1.01. The molecule has 0 aliphatic carbocycles. The van der Waals surface area contributed by atoms with E-state index in [2.05, 4.69) is 9.40 Å². The second-order valence-electron chi connectivity index (χ2n) is 2.73. The average Bonchev–Trinajstić information content (AvgIpc) is 2.54. The van der Waals surface area contributed by atoms with Gasteiger partial charge in [-0.05, 0) is 6.54 Å². The van der Waals surface area contributed by atoms with E-state index in [9.17, 15) is 18.3 Å². The molecule has 0 fully saturated rings. The first kappa shape index (κ1) is 11.0. The molecule has 0 spiro atoms. The highest BCUT2D eigenvalue weighted by molar-refractivity contribution is 5.02. The van der Waals surface area contributed by atoms with Gasteiger partial charge in [-0.2, -0.15) is 13.2 Å². The van der Waals surface area contributed by atoms with Gasteiger partial charge in [0.1, 0.15) is 6.26 Å². The summed E-state index contributed by atoms with van der Waals surface area (Å²) in [5, 5.41) is 9.35. The largest absolute Gasteiger partial charge is 0.446 e. The fraction of sp³-hybridized carbons (Fsp3) is 0.571. The number of hydrogen-bond donors (Lipinski definition) is 2. The lowest BCUT2D eigenvalue weighted by Crippen LogP contribution is -2.44. The van der Waals surface area contributed by atoms with Gasteiger partial charge >= 0.3 is 6.18 Å². The minimum atomic E-state index is -4.85. The van der Waals surface area contributed by atoms with Crippen LogP contribution in [0.5, 0.6) is 0 Å². The maximum Gasteiger partial charge on any atom is 0.426 e. The molecule has 0 amide bonds. The summed E-state index contributed by atoms with van der Waals surface area (Å²) >= 11 is 0. The lowest BCUT2D eigenvalue weighted by Gasteiger charge is -2.26. The summed E-state index contributed by atoms with van der Waals surface area (Å²) in [6, 6.07) is 0. The van der Waals surface area contributed by atoms with Crippen molar-refractivity contribution in [2.24, 2.45) is 5.73 Å². The van der Waals surface area contributed by atoms with Crippen LogP contribution in [0, 0.1) is 0 Å². The van der Waals surface area contributed by atoms with Crippen LogP contribution in [-0.4, -0.2) is 22.8 Å². The van der Waals surface area contributed by atoms with Crippen molar-refractivity contribution in [1.29, 1.82) is 0 Å². The topological polar surface area (TPSA) is 72.3 Å². The Morgan fingerprint density at radius 2 is 2.14 bits per heavy atom. The number of rotatable bonds is 3. The van der Waals surface area contributed by atoms with E-state index in [-0.39, 0.29) is 6.54 Å². The zero-order valence-corrected chi connectivity index (χ0v) is 7.08. The van der Waals surface area contributed by atoms with Crippen molar-refractivity contribution in [3.8, 4) is 0 Å². The quantitative estimate of drug-likeness (QED) is 0.773. The predicted octanol–water partition coefficient (Wildman–Crippen LogP) is 0.773. The van der Waals surface area contributed by atoms with Crippen LogP contribution in [0.15, 0.2) is 16.9 Å². The highest BCUT2D eigenvalue weighted by atomic mass is 19.4. The molecule has 1 heterocycles. The molecule has 1 aromatic rings. The summed E-state index contributed by atoms with van der Waals surface area (Å²) in [4.78, 5) is 3.28. The van der Waals surface area contributed by atoms with E-state index in [4.69, 9.17) is 5.73 Å². The molecule has 1 aromatic heterocycles. The maximum absolute atomic E-state index is 12.4. The second-order valence-corrected chi connectivity index (χ2v) is 2.73. The van der Waals surface area contributed by atoms with Crippen molar-refractivity contribution in [3.63, 3.8) is 0 Å². The summed E-state index contributed by atoms with van der Waals surface area (Å²) in [7, 11) is 0. The Kier molecular flexibility index (Phi) is 2.81. The van der Waals surface area contributed by atoms with Gasteiger partial charge in [-0.15, -0.1) is 0 Å².